The highest BCUT2D eigenvalue weighted by Gasteiger charge is 2.29. The molecule has 1 aliphatic rings. The van der Waals surface area contributed by atoms with Crippen molar-refractivity contribution in [3.8, 4) is 5.75 Å². The molecule has 0 saturated carbocycles. The lowest BCUT2D eigenvalue weighted by molar-refractivity contribution is -0.160. The monoisotopic (exact) mass is 253 g/mol. The Hall–Kier alpha value is -1.60. The van der Waals surface area contributed by atoms with E-state index < -0.39 is 11.9 Å². The van der Waals surface area contributed by atoms with Gasteiger partial charge in [-0.1, -0.05) is 0 Å². The number of thioether (sulfide) groups is 1. The number of aromatic hydroxyl groups is 1. The first-order valence-corrected chi connectivity index (χ1v) is 5.89. The molecule has 0 bridgehead atoms. The number of hydrogen-bond acceptors (Lipinski definition) is 6. The Bertz CT molecular complexity index is 476. The van der Waals surface area contributed by atoms with Crippen LogP contribution >= 0.6 is 11.8 Å². The molecule has 2 N–H and O–H groups in total. The van der Waals surface area contributed by atoms with Crippen molar-refractivity contribution in [3.05, 3.63) is 24.0 Å². The van der Waals surface area contributed by atoms with Gasteiger partial charge in [-0.3, -0.25) is 20.0 Å². The SMILES string of the molecule is CN(O)C(=O)[C@H]1CSC(c2ncccc2O)=N1. The topological polar surface area (TPSA) is 86.0 Å². The Balaban J connectivity index is 2.23. The fourth-order valence-electron chi connectivity index (χ4n) is 1.41. The highest BCUT2D eigenvalue weighted by atomic mass is 32.2. The fourth-order valence-corrected chi connectivity index (χ4v) is 2.44. The van der Waals surface area contributed by atoms with Gasteiger partial charge < -0.3 is 5.11 Å². The molecule has 0 unspecified atom stereocenters. The van der Waals surface area contributed by atoms with Crippen molar-refractivity contribution in [1.29, 1.82) is 0 Å². The second kappa shape index (κ2) is 4.72. The van der Waals surface area contributed by atoms with Gasteiger partial charge >= 0.3 is 0 Å². The van der Waals surface area contributed by atoms with Crippen LogP contribution in [0.5, 0.6) is 5.75 Å². The van der Waals surface area contributed by atoms with Gasteiger partial charge in [0.05, 0.1) is 0 Å². The Kier molecular flexibility index (Phi) is 3.30. The number of likely N-dealkylation sites (N-methyl/N-ethyl adjacent to an activating group) is 1. The van der Waals surface area contributed by atoms with Crippen LogP contribution in [-0.2, 0) is 4.79 Å². The zero-order valence-corrected chi connectivity index (χ0v) is 9.89. The third-order valence-corrected chi connectivity index (χ3v) is 3.30. The molecule has 1 aliphatic heterocycles. The second-order valence-corrected chi connectivity index (χ2v) is 4.50. The van der Waals surface area contributed by atoms with Gasteiger partial charge in [-0.2, -0.15) is 0 Å². The highest BCUT2D eigenvalue weighted by molar-refractivity contribution is 8.14. The van der Waals surface area contributed by atoms with Crippen LogP contribution in [0, 0.1) is 0 Å². The van der Waals surface area contributed by atoms with E-state index in [1.54, 1.807) is 12.3 Å². The molecule has 2 heterocycles. The van der Waals surface area contributed by atoms with E-state index in [9.17, 15) is 9.90 Å². The van der Waals surface area contributed by atoms with Crippen LogP contribution in [0.25, 0.3) is 0 Å². The van der Waals surface area contributed by atoms with E-state index in [1.807, 2.05) is 0 Å². The smallest absolute Gasteiger partial charge is 0.271 e. The average Bonchev–Trinajstić information content (AvgIpc) is 2.77. The summed E-state index contributed by atoms with van der Waals surface area (Å²) in [5.74, 6) is 0.00172. The molecule has 6 nitrogen and oxygen atoms in total. The van der Waals surface area contributed by atoms with E-state index in [1.165, 1.54) is 24.9 Å². The van der Waals surface area contributed by atoms with Crippen LogP contribution in [0.1, 0.15) is 5.69 Å². The largest absolute Gasteiger partial charge is 0.506 e. The minimum atomic E-state index is -0.619. The van der Waals surface area contributed by atoms with Gasteiger partial charge in [0, 0.05) is 19.0 Å². The number of carbonyl (C=O) groups excluding carboxylic acids is 1. The van der Waals surface area contributed by atoms with Crippen LogP contribution in [0.4, 0.5) is 0 Å². The Morgan fingerprint density at radius 1 is 1.65 bits per heavy atom. The summed E-state index contributed by atoms with van der Waals surface area (Å²) in [7, 11) is 1.26. The number of aliphatic imine (C=N–C) groups is 1. The molecule has 1 amide bonds. The van der Waals surface area contributed by atoms with Gasteiger partial charge in [-0.05, 0) is 12.1 Å². The molecular formula is C10H11N3O3S. The Morgan fingerprint density at radius 3 is 3.06 bits per heavy atom. The molecule has 0 aromatic carbocycles. The van der Waals surface area contributed by atoms with E-state index in [0.29, 0.717) is 21.6 Å². The first kappa shape index (κ1) is 11.9. The predicted octanol–water partition coefficient (Wildman–Crippen LogP) is 0.497. The molecule has 17 heavy (non-hydrogen) atoms. The maximum absolute atomic E-state index is 11.5. The molecule has 2 rings (SSSR count). The summed E-state index contributed by atoms with van der Waals surface area (Å²) >= 11 is 1.33. The van der Waals surface area contributed by atoms with Gasteiger partial charge in [-0.15, -0.1) is 11.8 Å². The summed E-state index contributed by atoms with van der Waals surface area (Å²) in [6.07, 6.45) is 1.55. The van der Waals surface area contributed by atoms with Crippen LogP contribution in [0.15, 0.2) is 23.3 Å². The van der Waals surface area contributed by atoms with Crippen molar-refractivity contribution in [3.63, 3.8) is 0 Å². The summed E-state index contributed by atoms with van der Waals surface area (Å²) in [5.41, 5.74) is 0.369. The minimum Gasteiger partial charge on any atom is -0.506 e. The molecule has 0 fully saturated rings. The third kappa shape index (κ3) is 2.40. The van der Waals surface area contributed by atoms with Crippen molar-refractivity contribution in [1.82, 2.24) is 10.0 Å². The molecule has 0 radical (unpaired) electrons. The maximum Gasteiger partial charge on any atom is 0.271 e. The van der Waals surface area contributed by atoms with E-state index in [2.05, 4.69) is 9.98 Å². The molecule has 0 saturated heterocycles. The summed E-state index contributed by atoms with van der Waals surface area (Å²) < 4.78 is 0. The molecular weight excluding hydrogens is 242 g/mol. The summed E-state index contributed by atoms with van der Waals surface area (Å²) in [4.78, 5) is 19.6. The number of pyridine rings is 1. The standard InChI is InChI=1S/C10H11N3O3S/c1-13(16)10(15)6-5-17-9(12-6)8-7(14)3-2-4-11-8/h2-4,6,14,16H,5H2,1H3/t6-/m1/s1. The fraction of sp³-hybridized carbons (Fsp3) is 0.300. The van der Waals surface area contributed by atoms with Crippen molar-refractivity contribution in [2.75, 3.05) is 12.8 Å². The van der Waals surface area contributed by atoms with Crippen LogP contribution in [0.2, 0.25) is 0 Å². The van der Waals surface area contributed by atoms with E-state index in [4.69, 9.17) is 5.21 Å². The van der Waals surface area contributed by atoms with Crippen molar-refractivity contribution >= 4 is 22.7 Å². The first-order valence-electron chi connectivity index (χ1n) is 4.91. The molecule has 7 heteroatoms. The van der Waals surface area contributed by atoms with E-state index >= 15 is 0 Å². The average molecular weight is 253 g/mol. The van der Waals surface area contributed by atoms with Gasteiger partial charge in [0.2, 0.25) is 0 Å². The number of rotatable bonds is 2. The van der Waals surface area contributed by atoms with Crippen molar-refractivity contribution in [2.45, 2.75) is 6.04 Å². The summed E-state index contributed by atoms with van der Waals surface area (Å²) in [6.45, 7) is 0. The number of hydroxylamine groups is 2. The first-order chi connectivity index (χ1) is 8.09. The number of carbonyl (C=O) groups is 1. The quantitative estimate of drug-likeness (QED) is 0.592. The molecule has 1 aromatic heterocycles. The highest BCUT2D eigenvalue weighted by Crippen LogP contribution is 2.27. The molecule has 1 aromatic rings. The Morgan fingerprint density at radius 2 is 2.41 bits per heavy atom. The van der Waals surface area contributed by atoms with Gasteiger partial charge in [0.1, 0.15) is 22.5 Å². The van der Waals surface area contributed by atoms with Crippen molar-refractivity contribution in [2.24, 2.45) is 4.99 Å². The number of hydrogen-bond donors (Lipinski definition) is 2. The predicted molar refractivity (Wildman–Crippen MR) is 63.2 cm³/mol. The lowest BCUT2D eigenvalue weighted by atomic mass is 10.3. The van der Waals surface area contributed by atoms with Crippen LogP contribution in [-0.4, -0.2) is 50.2 Å². The van der Waals surface area contributed by atoms with Gasteiger partial charge in [-0.25, -0.2) is 5.06 Å². The number of amides is 1. The van der Waals surface area contributed by atoms with E-state index in [0.717, 1.165) is 0 Å². The molecule has 0 spiro atoms. The van der Waals surface area contributed by atoms with E-state index in [-0.39, 0.29) is 5.75 Å². The van der Waals surface area contributed by atoms with Gasteiger partial charge in [0.15, 0.2) is 0 Å². The Labute approximate surface area is 102 Å². The zero-order valence-electron chi connectivity index (χ0n) is 9.07. The number of aromatic nitrogens is 1. The normalized spacial score (nSPS) is 18.9. The lowest BCUT2D eigenvalue weighted by Gasteiger charge is -2.10. The zero-order chi connectivity index (χ0) is 12.4. The second-order valence-electron chi connectivity index (χ2n) is 3.49. The van der Waals surface area contributed by atoms with Gasteiger partial charge in [0.25, 0.3) is 5.91 Å². The maximum atomic E-state index is 11.5. The van der Waals surface area contributed by atoms with Crippen LogP contribution in [0.3, 0.4) is 0 Å². The molecule has 0 aliphatic carbocycles. The number of nitrogens with zero attached hydrogens (tertiary/aromatic N) is 3. The molecule has 90 valence electrons. The minimum absolute atomic E-state index is 0.0317. The van der Waals surface area contributed by atoms with Crippen molar-refractivity contribution < 1.29 is 15.1 Å². The van der Waals surface area contributed by atoms with Crippen LogP contribution < -0.4 is 0 Å². The summed E-state index contributed by atoms with van der Waals surface area (Å²) in [6, 6.07) is 2.51. The third-order valence-electron chi connectivity index (χ3n) is 2.24. The summed E-state index contributed by atoms with van der Waals surface area (Å²) in [5, 5.41) is 19.7. The lowest BCUT2D eigenvalue weighted by Crippen LogP contribution is -2.33. The molecule has 1 atom stereocenters.